The summed E-state index contributed by atoms with van der Waals surface area (Å²) < 4.78 is 32.9. The van der Waals surface area contributed by atoms with Crippen LogP contribution in [0, 0.1) is 0 Å². The Morgan fingerprint density at radius 3 is 2.86 bits per heavy atom. The second-order valence-corrected chi connectivity index (χ2v) is 6.62. The summed E-state index contributed by atoms with van der Waals surface area (Å²) in [5.41, 5.74) is 3.33. The zero-order chi connectivity index (χ0) is 18.7. The van der Waals surface area contributed by atoms with Gasteiger partial charge >= 0.3 is 0 Å². The monoisotopic (exact) mass is 317 g/mol. The molecule has 0 saturated carbocycles. The van der Waals surface area contributed by atoms with Crippen LogP contribution in [-0.4, -0.2) is 29.6 Å². The number of phenolic OH excluding ortho intramolecular Hbond substituents is 1. The predicted octanol–water partition coefficient (Wildman–Crippen LogP) is 3.98. The lowest BCUT2D eigenvalue weighted by Crippen LogP contribution is -2.39. The van der Waals surface area contributed by atoms with Gasteiger partial charge in [-0.3, -0.25) is 0 Å². The Labute approximate surface area is 142 Å². The van der Waals surface area contributed by atoms with Crippen molar-refractivity contribution in [2.24, 2.45) is 0 Å². The fourth-order valence-corrected chi connectivity index (χ4v) is 4.07. The molecule has 0 fully saturated rings. The lowest BCUT2D eigenvalue weighted by molar-refractivity contribution is 0.214. The molecule has 2 aliphatic rings. The van der Waals surface area contributed by atoms with Crippen LogP contribution in [0.25, 0.3) is 0 Å². The van der Waals surface area contributed by atoms with Crippen molar-refractivity contribution in [3.05, 3.63) is 63.6 Å². The van der Waals surface area contributed by atoms with Crippen LogP contribution >= 0.6 is 11.6 Å². The van der Waals surface area contributed by atoms with Gasteiger partial charge in [0.15, 0.2) is 0 Å². The molecule has 0 radical (unpaired) electrons. The third-order valence-corrected chi connectivity index (χ3v) is 5.33. The average Bonchev–Trinajstić information content (AvgIpc) is 2.76. The zero-order valence-electron chi connectivity index (χ0n) is 16.4. The highest BCUT2D eigenvalue weighted by molar-refractivity contribution is 6.32. The highest BCUT2D eigenvalue weighted by Crippen LogP contribution is 2.44. The normalized spacial score (nSPS) is 26.6. The Hall–Kier alpha value is -1.51. The number of halogens is 1. The van der Waals surface area contributed by atoms with Gasteiger partial charge in [-0.15, -0.1) is 0 Å². The molecule has 22 heavy (non-hydrogen) atoms. The van der Waals surface area contributed by atoms with Crippen molar-refractivity contribution < 1.29 is 10.6 Å². The summed E-state index contributed by atoms with van der Waals surface area (Å²) in [6, 6.07) is 3.34. The molecule has 1 N–H and O–H groups in total. The number of benzene rings is 2. The maximum atomic E-state index is 10.2. The molecule has 4 rings (SSSR count). The van der Waals surface area contributed by atoms with Gasteiger partial charge < -0.3 is 10.0 Å². The molecule has 1 aliphatic carbocycles. The molecular weight excluding hydrogens is 294 g/mol. The van der Waals surface area contributed by atoms with Crippen LogP contribution in [0.5, 0.6) is 5.75 Å². The number of fused-ring (bicyclic) bond motifs is 5. The van der Waals surface area contributed by atoms with Gasteiger partial charge in [0.1, 0.15) is 5.75 Å². The van der Waals surface area contributed by atoms with Crippen molar-refractivity contribution in [1.82, 2.24) is 4.90 Å². The second kappa shape index (κ2) is 5.29. The Kier molecular flexibility index (Phi) is 2.48. The van der Waals surface area contributed by atoms with E-state index in [1.807, 2.05) is 0 Å². The van der Waals surface area contributed by atoms with Crippen molar-refractivity contribution in [1.29, 1.82) is 0 Å². The first-order valence-corrected chi connectivity index (χ1v) is 7.99. The van der Waals surface area contributed by atoms with Crippen molar-refractivity contribution in [2.45, 2.75) is 31.2 Å². The minimum Gasteiger partial charge on any atom is -0.506 e. The summed E-state index contributed by atoms with van der Waals surface area (Å²) in [6.07, 6.45) is 2.24. The van der Waals surface area contributed by atoms with Crippen molar-refractivity contribution in [3.8, 4) is 5.75 Å². The summed E-state index contributed by atoms with van der Waals surface area (Å²) >= 11 is 6.13. The van der Waals surface area contributed by atoms with E-state index in [2.05, 4.69) is 11.9 Å². The van der Waals surface area contributed by atoms with Crippen molar-refractivity contribution in [3.63, 3.8) is 0 Å². The van der Waals surface area contributed by atoms with Crippen LogP contribution in [0.3, 0.4) is 0 Å². The molecule has 1 heterocycles. The molecular formula is C19H20ClNO. The number of hydrogen-bond donors (Lipinski definition) is 1. The lowest BCUT2D eigenvalue weighted by atomic mass is 9.74. The van der Waals surface area contributed by atoms with E-state index >= 15 is 0 Å². The number of phenols is 1. The number of likely N-dealkylation sites (N-methyl/N-ethyl adjacent to an activating group) is 1. The number of aromatic hydroxyl groups is 1. The molecule has 3 heteroatoms. The molecule has 0 unspecified atom stereocenters. The maximum absolute atomic E-state index is 10.2. The molecule has 2 atom stereocenters. The van der Waals surface area contributed by atoms with Gasteiger partial charge in [-0.05, 0) is 60.7 Å². The molecule has 2 aromatic carbocycles. The highest BCUT2D eigenvalue weighted by Gasteiger charge is 2.36. The standard InChI is InChI=1S/C19H20ClNO/c1-21-9-8-13-10-16(20)18(22)11-15(13)19-14-5-3-2-4-12(14)6-7-17(19)21/h2-5,10-11,17,19,22H,6-9H2,1H3/t17-,19+/m0/s1/i2D,3D,4D,5D. The van der Waals surface area contributed by atoms with Gasteiger partial charge in [-0.25, -0.2) is 0 Å². The van der Waals surface area contributed by atoms with E-state index in [1.165, 1.54) is 0 Å². The molecule has 0 bridgehead atoms. The summed E-state index contributed by atoms with van der Waals surface area (Å²) in [7, 11) is 2.06. The van der Waals surface area contributed by atoms with Crippen molar-refractivity contribution >= 4 is 11.6 Å². The molecule has 1 aliphatic heterocycles. The molecule has 2 aromatic rings. The van der Waals surface area contributed by atoms with Crippen LogP contribution in [0.15, 0.2) is 36.3 Å². The van der Waals surface area contributed by atoms with E-state index in [4.69, 9.17) is 17.1 Å². The summed E-state index contributed by atoms with van der Waals surface area (Å²) in [5, 5.41) is 10.5. The third-order valence-electron chi connectivity index (χ3n) is 5.03. The summed E-state index contributed by atoms with van der Waals surface area (Å²) in [6.45, 7) is 0.843. The van der Waals surface area contributed by atoms with E-state index < -0.39 is 0 Å². The third kappa shape index (κ3) is 2.13. The Balaban J connectivity index is 2.04. The maximum Gasteiger partial charge on any atom is 0.134 e. The average molecular weight is 318 g/mol. The van der Waals surface area contributed by atoms with Gasteiger partial charge in [0.2, 0.25) is 0 Å². The van der Waals surface area contributed by atoms with E-state index in [1.54, 1.807) is 12.1 Å². The molecule has 0 aromatic heterocycles. The van der Waals surface area contributed by atoms with Crippen LogP contribution in [0.1, 0.15) is 40.1 Å². The fraction of sp³-hybridized carbons (Fsp3) is 0.368. The van der Waals surface area contributed by atoms with E-state index in [-0.39, 0.29) is 41.9 Å². The van der Waals surface area contributed by atoms with Crippen LogP contribution < -0.4 is 0 Å². The molecule has 0 amide bonds. The quantitative estimate of drug-likeness (QED) is 0.794. The number of hydrogen-bond acceptors (Lipinski definition) is 2. The van der Waals surface area contributed by atoms with Gasteiger partial charge in [-0.1, -0.05) is 35.8 Å². The first kappa shape index (κ1) is 10.3. The molecule has 0 saturated heterocycles. The zero-order valence-corrected chi connectivity index (χ0v) is 13.2. The van der Waals surface area contributed by atoms with Gasteiger partial charge in [0, 0.05) is 18.5 Å². The number of nitrogens with zero attached hydrogens (tertiary/aromatic N) is 1. The topological polar surface area (TPSA) is 23.5 Å². The minimum atomic E-state index is -0.203. The lowest BCUT2D eigenvalue weighted by Gasteiger charge is -2.38. The van der Waals surface area contributed by atoms with Crippen LogP contribution in [0.4, 0.5) is 0 Å². The van der Waals surface area contributed by atoms with E-state index in [0.717, 1.165) is 30.5 Å². The molecule has 2 nitrogen and oxygen atoms in total. The second-order valence-electron chi connectivity index (χ2n) is 6.21. The SMILES string of the molecule is [2H]c1c([2H])c([2H])c2c(c1[2H])CC[C@H]1[C@H]2c2cc(O)c(Cl)cc2CCN1C. The largest absolute Gasteiger partial charge is 0.506 e. The fourth-order valence-electron chi connectivity index (χ4n) is 3.89. The van der Waals surface area contributed by atoms with Crippen molar-refractivity contribution in [2.75, 3.05) is 13.6 Å². The first-order valence-electron chi connectivity index (χ1n) is 9.61. The van der Waals surface area contributed by atoms with Gasteiger partial charge in [-0.2, -0.15) is 0 Å². The van der Waals surface area contributed by atoms with E-state index in [9.17, 15) is 5.11 Å². The van der Waals surface area contributed by atoms with Gasteiger partial charge in [0.05, 0.1) is 10.5 Å². The highest BCUT2D eigenvalue weighted by atomic mass is 35.5. The number of rotatable bonds is 0. The Bertz CT molecular complexity index is 917. The smallest absolute Gasteiger partial charge is 0.134 e. The minimum absolute atomic E-state index is 0.0154. The summed E-state index contributed by atoms with van der Waals surface area (Å²) in [5.74, 6) is -0.188. The Morgan fingerprint density at radius 2 is 2.00 bits per heavy atom. The predicted molar refractivity (Wildman–Crippen MR) is 89.8 cm³/mol. The Morgan fingerprint density at radius 1 is 1.18 bits per heavy atom. The van der Waals surface area contributed by atoms with Gasteiger partial charge in [0.25, 0.3) is 0 Å². The molecule has 0 spiro atoms. The van der Waals surface area contributed by atoms with E-state index in [0.29, 0.717) is 22.6 Å². The van der Waals surface area contributed by atoms with Crippen LogP contribution in [-0.2, 0) is 12.8 Å². The summed E-state index contributed by atoms with van der Waals surface area (Å²) in [4.78, 5) is 2.26. The molecule has 114 valence electrons. The van der Waals surface area contributed by atoms with Crippen LogP contribution in [0.2, 0.25) is 5.02 Å². The first-order chi connectivity index (χ1) is 12.3.